The molecule has 2 aliphatic heterocycles. The van der Waals surface area contributed by atoms with Gasteiger partial charge in [-0.2, -0.15) is 0 Å². The van der Waals surface area contributed by atoms with Crippen LogP contribution in [0.4, 0.5) is 5.69 Å². The summed E-state index contributed by atoms with van der Waals surface area (Å²) in [5.74, 6) is 0.838. The number of aromatic nitrogens is 2. The monoisotopic (exact) mass is 556 g/mol. The third-order valence-corrected chi connectivity index (χ3v) is 11.1. The van der Waals surface area contributed by atoms with Crippen LogP contribution in [0.5, 0.6) is 0 Å². The molecule has 8 rings (SSSR count). The highest BCUT2D eigenvalue weighted by molar-refractivity contribution is 5.76. The van der Waals surface area contributed by atoms with Gasteiger partial charge in [-0.15, -0.1) is 0 Å². The van der Waals surface area contributed by atoms with E-state index in [1.54, 1.807) is 11.1 Å². The van der Waals surface area contributed by atoms with Gasteiger partial charge in [0.05, 0.1) is 0 Å². The van der Waals surface area contributed by atoms with E-state index in [0.717, 1.165) is 29.6 Å². The smallest absolute Gasteiger partial charge is 0.137 e. The maximum atomic E-state index is 4.64. The van der Waals surface area contributed by atoms with E-state index in [4.69, 9.17) is 0 Å². The largest absolute Gasteiger partial charge is 0.371 e. The van der Waals surface area contributed by atoms with E-state index in [0.29, 0.717) is 11.5 Å². The molecule has 4 heterocycles. The quantitative estimate of drug-likeness (QED) is 0.247. The number of nitrogens with one attached hydrogen (secondary N) is 1. The molecule has 4 fully saturated rings. The molecule has 216 valence electrons. The lowest BCUT2D eigenvalue weighted by atomic mass is 9.59. The van der Waals surface area contributed by atoms with E-state index in [-0.39, 0.29) is 0 Å². The van der Waals surface area contributed by atoms with Crippen LogP contribution in [0.1, 0.15) is 98.1 Å². The number of aromatic amines is 1. The van der Waals surface area contributed by atoms with Crippen molar-refractivity contribution in [3.8, 4) is 0 Å². The van der Waals surface area contributed by atoms with Crippen LogP contribution >= 0.6 is 0 Å². The van der Waals surface area contributed by atoms with E-state index in [1.165, 1.54) is 98.8 Å². The lowest BCUT2D eigenvalue weighted by Crippen LogP contribution is -2.54. The van der Waals surface area contributed by atoms with Gasteiger partial charge in [-0.25, -0.2) is 4.98 Å². The van der Waals surface area contributed by atoms with E-state index in [9.17, 15) is 0 Å². The topological polar surface area (TPSA) is 35.2 Å². The van der Waals surface area contributed by atoms with Crippen molar-refractivity contribution >= 4 is 22.3 Å². The Morgan fingerprint density at radius 3 is 2.57 bits per heavy atom. The molecule has 2 aromatic carbocycles. The number of piperidine rings is 1. The number of allylic oxidation sites excluding steroid dienone is 1. The first-order valence-electron chi connectivity index (χ1n) is 16.4. The summed E-state index contributed by atoms with van der Waals surface area (Å²) in [6, 6.07) is 22.3. The van der Waals surface area contributed by atoms with Gasteiger partial charge < -0.3 is 9.88 Å². The van der Waals surface area contributed by atoms with Gasteiger partial charge in [0, 0.05) is 48.6 Å². The number of pyridine rings is 1. The number of likely N-dealkylation sites (tertiary alicyclic amines) is 1. The molecule has 1 unspecified atom stereocenters. The highest BCUT2D eigenvalue weighted by Crippen LogP contribution is 2.55. The molecular weight excluding hydrogens is 512 g/mol. The van der Waals surface area contributed by atoms with Crippen molar-refractivity contribution in [2.24, 2.45) is 5.41 Å². The molecular formula is C38H44N4. The number of hydrogen-bond acceptors (Lipinski definition) is 3. The van der Waals surface area contributed by atoms with Crippen LogP contribution in [-0.2, 0) is 6.42 Å². The van der Waals surface area contributed by atoms with Crippen LogP contribution in [0.15, 0.2) is 73.6 Å². The zero-order valence-corrected chi connectivity index (χ0v) is 25.1. The molecule has 1 N–H and O–H groups in total. The van der Waals surface area contributed by atoms with Gasteiger partial charge in [0.25, 0.3) is 0 Å². The van der Waals surface area contributed by atoms with Crippen LogP contribution in [0, 0.1) is 5.41 Å². The predicted octanol–water partition coefficient (Wildman–Crippen LogP) is 8.65. The molecule has 1 atom stereocenters. The van der Waals surface area contributed by atoms with Gasteiger partial charge in [-0.05, 0) is 135 Å². The fourth-order valence-electron chi connectivity index (χ4n) is 8.60. The molecule has 1 spiro atoms. The second-order valence-corrected chi connectivity index (χ2v) is 13.9. The summed E-state index contributed by atoms with van der Waals surface area (Å²) in [4.78, 5) is 13.4. The van der Waals surface area contributed by atoms with Crippen molar-refractivity contribution in [3.05, 3.63) is 101 Å². The first kappa shape index (κ1) is 26.3. The maximum Gasteiger partial charge on any atom is 0.137 e. The number of hydrogen-bond donors (Lipinski definition) is 1. The highest BCUT2D eigenvalue weighted by atomic mass is 15.2. The number of anilines is 1. The van der Waals surface area contributed by atoms with Crippen LogP contribution in [0.25, 0.3) is 16.6 Å². The van der Waals surface area contributed by atoms with Crippen LogP contribution in [-0.4, -0.2) is 40.5 Å². The van der Waals surface area contributed by atoms with Crippen LogP contribution in [0.2, 0.25) is 0 Å². The molecule has 42 heavy (non-hydrogen) atoms. The minimum atomic E-state index is 0.558. The summed E-state index contributed by atoms with van der Waals surface area (Å²) in [5, 5.41) is 1.17. The van der Waals surface area contributed by atoms with E-state index < -0.39 is 0 Å². The SMILES string of the molecule is C=C(C)c1ccc(N2CCC3(CC2)CC(N2CCCC2c2ccccc2C2CC2)C3)cc1Cc1cnc2[nH]ccc2c1. The minimum Gasteiger partial charge on any atom is -0.371 e. The molecule has 2 saturated heterocycles. The lowest BCUT2D eigenvalue weighted by Gasteiger charge is -2.56. The van der Waals surface area contributed by atoms with Crippen LogP contribution in [0.3, 0.4) is 0 Å². The van der Waals surface area contributed by atoms with E-state index in [1.807, 2.05) is 12.4 Å². The van der Waals surface area contributed by atoms with Crippen molar-refractivity contribution in [1.29, 1.82) is 0 Å². The number of nitrogens with zero attached hydrogens (tertiary/aromatic N) is 3. The summed E-state index contributed by atoms with van der Waals surface area (Å²) < 4.78 is 0. The second kappa shape index (κ2) is 10.4. The highest BCUT2D eigenvalue weighted by Gasteiger charge is 2.50. The Kier molecular flexibility index (Phi) is 6.51. The molecule has 2 aliphatic carbocycles. The predicted molar refractivity (Wildman–Crippen MR) is 174 cm³/mol. The molecule has 0 bridgehead atoms. The molecule has 4 heteroatoms. The standard InChI is InChI=1S/C38H44N4/c1-26(2)33-12-11-31(22-30(33)21-27-20-29-13-16-39-37(29)40-25-27)41-18-14-38(15-19-41)23-32(24-38)42-17-5-8-36(42)35-7-4-3-6-34(35)28-9-10-28/h3-4,6-7,11-13,16,20,22,25,28,32,36H,1,5,8-10,14-15,17-19,21,23-24H2,2H3,(H,39,40). The fourth-order valence-corrected chi connectivity index (χ4v) is 8.60. The Morgan fingerprint density at radius 2 is 1.79 bits per heavy atom. The summed E-state index contributed by atoms with van der Waals surface area (Å²) in [6.45, 7) is 10.0. The van der Waals surface area contributed by atoms with Crippen molar-refractivity contribution in [3.63, 3.8) is 0 Å². The first-order valence-corrected chi connectivity index (χ1v) is 16.4. The van der Waals surface area contributed by atoms with Crippen molar-refractivity contribution in [2.45, 2.75) is 82.7 Å². The van der Waals surface area contributed by atoms with E-state index >= 15 is 0 Å². The van der Waals surface area contributed by atoms with Gasteiger partial charge in [0.2, 0.25) is 0 Å². The first-order chi connectivity index (χ1) is 20.6. The summed E-state index contributed by atoms with van der Waals surface area (Å²) in [7, 11) is 0. The molecule has 2 aromatic heterocycles. The lowest BCUT2D eigenvalue weighted by molar-refractivity contribution is -0.0227. The zero-order valence-electron chi connectivity index (χ0n) is 25.1. The Balaban J connectivity index is 0.936. The maximum absolute atomic E-state index is 4.64. The third kappa shape index (κ3) is 4.78. The molecule has 4 aromatic rings. The van der Waals surface area contributed by atoms with Gasteiger partial charge in [0.15, 0.2) is 0 Å². The number of H-pyrrole nitrogens is 1. The van der Waals surface area contributed by atoms with Crippen molar-refractivity contribution in [2.75, 3.05) is 24.5 Å². The Bertz CT molecular complexity index is 1610. The van der Waals surface area contributed by atoms with E-state index in [2.05, 4.69) is 87.9 Å². The van der Waals surface area contributed by atoms with Gasteiger partial charge in [-0.1, -0.05) is 42.5 Å². The van der Waals surface area contributed by atoms with Crippen molar-refractivity contribution in [1.82, 2.24) is 14.9 Å². The summed E-state index contributed by atoms with van der Waals surface area (Å²) in [5.41, 5.74) is 11.2. The summed E-state index contributed by atoms with van der Waals surface area (Å²) in [6.07, 6.45) is 15.8. The molecule has 4 nitrogen and oxygen atoms in total. The molecule has 0 radical (unpaired) electrons. The van der Waals surface area contributed by atoms with Gasteiger partial charge >= 0.3 is 0 Å². The summed E-state index contributed by atoms with van der Waals surface area (Å²) >= 11 is 0. The molecule has 0 amide bonds. The van der Waals surface area contributed by atoms with Gasteiger partial charge in [-0.3, -0.25) is 4.90 Å². The van der Waals surface area contributed by atoms with Crippen molar-refractivity contribution < 1.29 is 0 Å². The van der Waals surface area contributed by atoms with Crippen LogP contribution < -0.4 is 4.90 Å². The Hall–Kier alpha value is -3.37. The average molecular weight is 557 g/mol. The number of rotatable bonds is 7. The Morgan fingerprint density at radius 1 is 0.976 bits per heavy atom. The molecule has 4 aliphatic rings. The second-order valence-electron chi connectivity index (χ2n) is 13.9. The molecule has 2 saturated carbocycles. The average Bonchev–Trinajstić information content (AvgIpc) is 3.54. The van der Waals surface area contributed by atoms with Gasteiger partial charge in [0.1, 0.15) is 5.65 Å². The fraction of sp³-hybridized carbons (Fsp3) is 0.447. The number of fused-ring (bicyclic) bond motifs is 1. The third-order valence-electron chi connectivity index (χ3n) is 11.1. The number of benzene rings is 2. The normalized spacial score (nSPS) is 22.6. The minimum absolute atomic E-state index is 0.558. The Labute approximate surface area is 250 Å². The zero-order chi connectivity index (χ0) is 28.3.